The SMILES string of the molecule is Cc1ccc(Nc2ncc(-c3cncc(C(=O)O)c3)c(NCCc3cn[nH]c3)n2)cc1Cl. The number of carboxylic acids is 1. The zero-order chi connectivity index (χ0) is 22.5. The number of anilines is 3. The highest BCUT2D eigenvalue weighted by molar-refractivity contribution is 6.31. The molecule has 0 radical (unpaired) electrons. The van der Waals surface area contributed by atoms with Crippen LogP contribution in [0.1, 0.15) is 21.5 Å². The van der Waals surface area contributed by atoms with Crippen molar-refractivity contribution in [2.24, 2.45) is 0 Å². The van der Waals surface area contributed by atoms with Crippen LogP contribution in [0.25, 0.3) is 11.1 Å². The van der Waals surface area contributed by atoms with E-state index in [0.717, 1.165) is 23.2 Å². The third-order valence-corrected chi connectivity index (χ3v) is 5.18. The van der Waals surface area contributed by atoms with Crippen molar-refractivity contribution >= 4 is 35.0 Å². The summed E-state index contributed by atoms with van der Waals surface area (Å²) in [5.41, 5.74) is 4.10. The zero-order valence-electron chi connectivity index (χ0n) is 17.1. The summed E-state index contributed by atoms with van der Waals surface area (Å²) in [7, 11) is 0. The second-order valence-electron chi connectivity index (χ2n) is 7.10. The number of aryl methyl sites for hydroxylation is 1. The van der Waals surface area contributed by atoms with E-state index in [4.69, 9.17) is 11.6 Å². The quantitative estimate of drug-likeness (QED) is 0.313. The first kappa shape index (κ1) is 21.3. The molecule has 0 amide bonds. The van der Waals surface area contributed by atoms with E-state index in [1.807, 2.05) is 25.3 Å². The van der Waals surface area contributed by atoms with Crippen LogP contribution in [-0.4, -0.2) is 42.8 Å². The van der Waals surface area contributed by atoms with Crippen LogP contribution in [0.3, 0.4) is 0 Å². The Hall–Kier alpha value is -3.98. The van der Waals surface area contributed by atoms with Gasteiger partial charge in [0.25, 0.3) is 0 Å². The van der Waals surface area contributed by atoms with Gasteiger partial charge in [0.05, 0.1) is 11.8 Å². The number of aromatic nitrogens is 5. The Morgan fingerprint density at radius 1 is 1.19 bits per heavy atom. The standard InChI is InChI=1S/C22H20ClN7O2/c1-13-2-3-17(7-19(13)23)29-22-26-12-18(15-6-16(21(31)32)11-24-10-15)20(30-22)25-5-4-14-8-27-28-9-14/h2-3,6-12H,4-5H2,1H3,(H,27,28)(H,31,32)(H2,25,26,29,30). The summed E-state index contributed by atoms with van der Waals surface area (Å²) in [5, 5.41) is 23.2. The molecule has 3 heterocycles. The molecule has 0 aliphatic heterocycles. The summed E-state index contributed by atoms with van der Waals surface area (Å²) in [6, 6.07) is 7.15. The van der Waals surface area contributed by atoms with Gasteiger partial charge in [-0.2, -0.15) is 10.1 Å². The Bertz CT molecular complexity index is 1250. The summed E-state index contributed by atoms with van der Waals surface area (Å²) in [6.07, 6.45) is 8.83. The van der Waals surface area contributed by atoms with Crippen molar-refractivity contribution < 1.29 is 9.90 Å². The molecule has 0 atom stereocenters. The Morgan fingerprint density at radius 3 is 2.81 bits per heavy atom. The van der Waals surface area contributed by atoms with Crippen molar-refractivity contribution in [1.82, 2.24) is 25.1 Å². The molecule has 0 aliphatic rings. The number of benzene rings is 1. The van der Waals surface area contributed by atoms with Gasteiger partial charge in [0.1, 0.15) is 5.82 Å². The number of aromatic carboxylic acids is 1. The minimum absolute atomic E-state index is 0.0864. The molecule has 0 aliphatic carbocycles. The van der Waals surface area contributed by atoms with Crippen LogP contribution in [0.15, 0.2) is 55.2 Å². The first-order chi connectivity index (χ1) is 15.5. The van der Waals surface area contributed by atoms with Crippen LogP contribution in [0.5, 0.6) is 0 Å². The van der Waals surface area contributed by atoms with Crippen LogP contribution < -0.4 is 10.6 Å². The lowest BCUT2D eigenvalue weighted by atomic mass is 10.1. The number of nitrogens with zero attached hydrogens (tertiary/aromatic N) is 4. The number of rotatable bonds is 8. The molecule has 32 heavy (non-hydrogen) atoms. The van der Waals surface area contributed by atoms with Crippen molar-refractivity contribution in [3.05, 3.63) is 77.0 Å². The van der Waals surface area contributed by atoms with Crippen LogP contribution in [-0.2, 0) is 6.42 Å². The number of aromatic amines is 1. The van der Waals surface area contributed by atoms with Crippen molar-refractivity contribution in [1.29, 1.82) is 0 Å². The second-order valence-corrected chi connectivity index (χ2v) is 7.50. The van der Waals surface area contributed by atoms with Crippen molar-refractivity contribution in [3.8, 4) is 11.1 Å². The molecular formula is C22H20ClN7O2. The lowest BCUT2D eigenvalue weighted by Crippen LogP contribution is -2.09. The van der Waals surface area contributed by atoms with Crippen LogP contribution in [0, 0.1) is 6.92 Å². The molecule has 4 rings (SSSR count). The van der Waals surface area contributed by atoms with Crippen molar-refractivity contribution in [3.63, 3.8) is 0 Å². The maximum atomic E-state index is 11.4. The van der Waals surface area contributed by atoms with E-state index in [0.29, 0.717) is 34.5 Å². The molecular weight excluding hydrogens is 430 g/mol. The first-order valence-electron chi connectivity index (χ1n) is 9.80. The summed E-state index contributed by atoms with van der Waals surface area (Å²) >= 11 is 6.22. The van der Waals surface area contributed by atoms with E-state index in [1.165, 1.54) is 6.20 Å². The highest BCUT2D eigenvalue weighted by Gasteiger charge is 2.13. The number of carbonyl (C=O) groups is 1. The summed E-state index contributed by atoms with van der Waals surface area (Å²) in [5.74, 6) is -0.125. The highest BCUT2D eigenvalue weighted by Crippen LogP contribution is 2.28. The molecule has 10 heteroatoms. The van der Waals surface area contributed by atoms with Crippen LogP contribution >= 0.6 is 11.6 Å². The molecule has 0 unspecified atom stereocenters. The van der Waals surface area contributed by atoms with Gasteiger partial charge in [-0.3, -0.25) is 10.1 Å². The number of H-pyrrole nitrogens is 1. The molecule has 162 valence electrons. The Morgan fingerprint density at radius 2 is 2.06 bits per heavy atom. The monoisotopic (exact) mass is 449 g/mol. The summed E-state index contributed by atoms with van der Waals surface area (Å²) < 4.78 is 0. The van der Waals surface area contributed by atoms with Gasteiger partial charge in [-0.15, -0.1) is 0 Å². The summed E-state index contributed by atoms with van der Waals surface area (Å²) in [4.78, 5) is 24.4. The number of nitrogens with one attached hydrogen (secondary N) is 3. The Kier molecular flexibility index (Phi) is 6.27. The highest BCUT2D eigenvalue weighted by atomic mass is 35.5. The third-order valence-electron chi connectivity index (χ3n) is 4.77. The summed E-state index contributed by atoms with van der Waals surface area (Å²) in [6.45, 7) is 2.52. The van der Waals surface area contributed by atoms with E-state index in [-0.39, 0.29) is 5.56 Å². The molecule has 3 aromatic heterocycles. The predicted octanol–water partition coefficient (Wildman–Crippen LogP) is 4.32. The number of hydrogen-bond acceptors (Lipinski definition) is 7. The minimum Gasteiger partial charge on any atom is -0.478 e. The van der Waals surface area contributed by atoms with E-state index in [1.54, 1.807) is 30.7 Å². The Labute approximate surface area is 188 Å². The molecule has 4 aromatic rings. The first-order valence-corrected chi connectivity index (χ1v) is 10.2. The maximum Gasteiger partial charge on any atom is 0.337 e. The topological polar surface area (TPSA) is 129 Å². The predicted molar refractivity (Wildman–Crippen MR) is 122 cm³/mol. The fourth-order valence-electron chi connectivity index (χ4n) is 3.03. The number of hydrogen-bond donors (Lipinski definition) is 4. The fraction of sp³-hybridized carbons (Fsp3) is 0.136. The normalized spacial score (nSPS) is 10.7. The van der Waals surface area contributed by atoms with Crippen LogP contribution in [0.2, 0.25) is 5.02 Å². The zero-order valence-corrected chi connectivity index (χ0v) is 17.9. The number of halogens is 1. The van der Waals surface area contributed by atoms with Gasteiger partial charge in [-0.05, 0) is 42.7 Å². The van der Waals surface area contributed by atoms with Crippen LogP contribution in [0.4, 0.5) is 17.5 Å². The van der Waals surface area contributed by atoms with Crippen molar-refractivity contribution in [2.45, 2.75) is 13.3 Å². The molecule has 1 aromatic carbocycles. The van der Waals surface area contributed by atoms with E-state index in [2.05, 4.69) is 35.8 Å². The smallest absolute Gasteiger partial charge is 0.337 e. The van der Waals surface area contributed by atoms with E-state index < -0.39 is 5.97 Å². The van der Waals surface area contributed by atoms with Crippen molar-refractivity contribution in [2.75, 3.05) is 17.2 Å². The second kappa shape index (κ2) is 9.44. The molecule has 0 spiro atoms. The number of pyridine rings is 1. The third kappa shape index (κ3) is 5.01. The van der Waals surface area contributed by atoms with Gasteiger partial charge in [-0.1, -0.05) is 17.7 Å². The molecule has 4 N–H and O–H groups in total. The van der Waals surface area contributed by atoms with E-state index in [9.17, 15) is 9.90 Å². The van der Waals surface area contributed by atoms with Gasteiger partial charge in [0, 0.05) is 53.2 Å². The fourth-order valence-corrected chi connectivity index (χ4v) is 3.21. The van der Waals surface area contributed by atoms with Gasteiger partial charge in [-0.25, -0.2) is 9.78 Å². The number of carboxylic acid groups (broad SMARTS) is 1. The molecule has 0 saturated heterocycles. The minimum atomic E-state index is -1.05. The lowest BCUT2D eigenvalue weighted by Gasteiger charge is -2.13. The Balaban J connectivity index is 1.64. The van der Waals surface area contributed by atoms with Gasteiger partial charge in [0.15, 0.2) is 0 Å². The molecule has 0 bridgehead atoms. The molecule has 0 saturated carbocycles. The average molecular weight is 450 g/mol. The molecule has 9 nitrogen and oxygen atoms in total. The maximum absolute atomic E-state index is 11.4. The van der Waals surface area contributed by atoms with Gasteiger partial charge in [0.2, 0.25) is 5.95 Å². The largest absolute Gasteiger partial charge is 0.478 e. The van der Waals surface area contributed by atoms with Gasteiger partial charge >= 0.3 is 5.97 Å². The molecule has 0 fully saturated rings. The average Bonchev–Trinajstić information content (AvgIpc) is 3.30. The lowest BCUT2D eigenvalue weighted by molar-refractivity contribution is 0.0696. The van der Waals surface area contributed by atoms with E-state index >= 15 is 0 Å². The van der Waals surface area contributed by atoms with Gasteiger partial charge < -0.3 is 15.7 Å².